The Kier molecular flexibility index (Phi) is 5.48. The van der Waals surface area contributed by atoms with E-state index in [1.54, 1.807) is 0 Å². The standard InChI is InChI=1S/C15H22ClNO/c1-12(11-13-4-6-14(16)7-5-13)17-9-8-15-3-2-10-18-15/h4-7,12,15,17H,2-3,8-11H2,1H3. The second-order valence-electron chi connectivity index (χ2n) is 5.11. The van der Waals surface area contributed by atoms with Crippen molar-refractivity contribution in [3.63, 3.8) is 0 Å². The quantitative estimate of drug-likeness (QED) is 0.853. The number of hydrogen-bond donors (Lipinski definition) is 1. The summed E-state index contributed by atoms with van der Waals surface area (Å²) in [4.78, 5) is 0. The van der Waals surface area contributed by atoms with Crippen molar-refractivity contribution in [3.8, 4) is 0 Å². The average molecular weight is 268 g/mol. The van der Waals surface area contributed by atoms with Gasteiger partial charge in [0.2, 0.25) is 0 Å². The monoisotopic (exact) mass is 267 g/mol. The molecule has 1 saturated heterocycles. The van der Waals surface area contributed by atoms with Crippen LogP contribution in [-0.2, 0) is 11.2 Å². The van der Waals surface area contributed by atoms with Crippen LogP contribution in [0.2, 0.25) is 5.02 Å². The first-order valence-electron chi connectivity index (χ1n) is 6.83. The van der Waals surface area contributed by atoms with E-state index in [1.165, 1.54) is 18.4 Å². The zero-order valence-electron chi connectivity index (χ0n) is 11.0. The van der Waals surface area contributed by atoms with E-state index in [9.17, 15) is 0 Å². The van der Waals surface area contributed by atoms with Crippen molar-refractivity contribution in [1.82, 2.24) is 5.32 Å². The summed E-state index contributed by atoms with van der Waals surface area (Å²) in [6.07, 6.45) is 5.12. The van der Waals surface area contributed by atoms with E-state index in [-0.39, 0.29) is 0 Å². The largest absolute Gasteiger partial charge is 0.378 e. The third-order valence-electron chi connectivity index (χ3n) is 3.44. The summed E-state index contributed by atoms with van der Waals surface area (Å²) in [6, 6.07) is 8.60. The van der Waals surface area contributed by atoms with Crippen LogP contribution >= 0.6 is 11.6 Å². The second kappa shape index (κ2) is 7.13. The van der Waals surface area contributed by atoms with Gasteiger partial charge in [-0.1, -0.05) is 23.7 Å². The van der Waals surface area contributed by atoms with Gasteiger partial charge in [0.1, 0.15) is 0 Å². The fourth-order valence-electron chi connectivity index (χ4n) is 2.41. The van der Waals surface area contributed by atoms with Crippen LogP contribution < -0.4 is 5.32 Å². The molecular formula is C15H22ClNO. The SMILES string of the molecule is CC(Cc1ccc(Cl)cc1)NCCC1CCCO1. The summed E-state index contributed by atoms with van der Waals surface area (Å²) in [7, 11) is 0. The van der Waals surface area contributed by atoms with Crippen molar-refractivity contribution < 1.29 is 4.74 Å². The smallest absolute Gasteiger partial charge is 0.0588 e. The van der Waals surface area contributed by atoms with Gasteiger partial charge < -0.3 is 10.1 Å². The Labute approximate surface area is 115 Å². The van der Waals surface area contributed by atoms with E-state index in [0.717, 1.165) is 31.0 Å². The number of nitrogens with one attached hydrogen (secondary N) is 1. The first-order valence-corrected chi connectivity index (χ1v) is 7.21. The van der Waals surface area contributed by atoms with Crippen LogP contribution in [0.1, 0.15) is 31.7 Å². The first kappa shape index (κ1) is 13.9. The Hall–Kier alpha value is -0.570. The predicted octanol–water partition coefficient (Wildman–Crippen LogP) is 3.43. The molecule has 0 saturated carbocycles. The molecule has 2 unspecified atom stereocenters. The molecule has 1 N–H and O–H groups in total. The molecule has 0 spiro atoms. The molecule has 18 heavy (non-hydrogen) atoms. The maximum Gasteiger partial charge on any atom is 0.0588 e. The molecule has 1 aliphatic heterocycles. The lowest BCUT2D eigenvalue weighted by Crippen LogP contribution is -2.30. The third kappa shape index (κ3) is 4.60. The van der Waals surface area contributed by atoms with E-state index in [2.05, 4.69) is 24.4 Å². The van der Waals surface area contributed by atoms with Gasteiger partial charge in [-0.3, -0.25) is 0 Å². The van der Waals surface area contributed by atoms with Crippen LogP contribution in [0.5, 0.6) is 0 Å². The molecular weight excluding hydrogens is 246 g/mol. The molecule has 3 heteroatoms. The van der Waals surface area contributed by atoms with Crippen molar-refractivity contribution in [2.24, 2.45) is 0 Å². The Morgan fingerprint density at radius 3 is 2.83 bits per heavy atom. The predicted molar refractivity (Wildman–Crippen MR) is 76.2 cm³/mol. The molecule has 2 rings (SSSR count). The molecule has 0 amide bonds. The topological polar surface area (TPSA) is 21.3 Å². The van der Waals surface area contributed by atoms with Gasteiger partial charge >= 0.3 is 0 Å². The summed E-state index contributed by atoms with van der Waals surface area (Å²) in [5.74, 6) is 0. The highest BCUT2D eigenvalue weighted by molar-refractivity contribution is 6.30. The maximum atomic E-state index is 5.87. The van der Waals surface area contributed by atoms with Gasteiger partial charge in [-0.15, -0.1) is 0 Å². The molecule has 1 heterocycles. The summed E-state index contributed by atoms with van der Waals surface area (Å²) in [5.41, 5.74) is 1.33. The van der Waals surface area contributed by atoms with Crippen molar-refractivity contribution >= 4 is 11.6 Å². The molecule has 100 valence electrons. The lowest BCUT2D eigenvalue weighted by atomic mass is 10.1. The number of hydrogen-bond acceptors (Lipinski definition) is 2. The van der Waals surface area contributed by atoms with E-state index < -0.39 is 0 Å². The molecule has 1 aromatic rings. The lowest BCUT2D eigenvalue weighted by molar-refractivity contribution is 0.103. The Morgan fingerprint density at radius 1 is 1.39 bits per heavy atom. The zero-order chi connectivity index (χ0) is 12.8. The molecule has 0 aliphatic carbocycles. The third-order valence-corrected chi connectivity index (χ3v) is 3.69. The Bertz CT molecular complexity index is 346. The van der Waals surface area contributed by atoms with Crippen LogP contribution in [0.4, 0.5) is 0 Å². The van der Waals surface area contributed by atoms with Gasteiger partial charge in [0.15, 0.2) is 0 Å². The number of ether oxygens (including phenoxy) is 1. The van der Waals surface area contributed by atoms with Crippen molar-refractivity contribution in [3.05, 3.63) is 34.9 Å². The lowest BCUT2D eigenvalue weighted by Gasteiger charge is -2.16. The van der Waals surface area contributed by atoms with E-state index >= 15 is 0 Å². The molecule has 0 bridgehead atoms. The van der Waals surface area contributed by atoms with Crippen LogP contribution in [0.3, 0.4) is 0 Å². The Morgan fingerprint density at radius 2 is 2.17 bits per heavy atom. The fraction of sp³-hybridized carbons (Fsp3) is 0.600. The highest BCUT2D eigenvalue weighted by Crippen LogP contribution is 2.15. The summed E-state index contributed by atoms with van der Waals surface area (Å²) >= 11 is 5.87. The van der Waals surface area contributed by atoms with E-state index in [4.69, 9.17) is 16.3 Å². The van der Waals surface area contributed by atoms with Gasteiger partial charge in [0, 0.05) is 17.7 Å². The molecule has 0 aromatic heterocycles. The molecule has 1 aromatic carbocycles. The summed E-state index contributed by atoms with van der Waals surface area (Å²) in [5, 5.41) is 4.36. The molecule has 2 nitrogen and oxygen atoms in total. The minimum atomic E-state index is 0.486. The van der Waals surface area contributed by atoms with Crippen molar-refractivity contribution in [1.29, 1.82) is 0 Å². The Balaban J connectivity index is 1.65. The zero-order valence-corrected chi connectivity index (χ0v) is 11.7. The average Bonchev–Trinajstić information content (AvgIpc) is 2.85. The summed E-state index contributed by atoms with van der Waals surface area (Å²) < 4.78 is 5.61. The molecule has 2 atom stereocenters. The maximum absolute atomic E-state index is 5.87. The second-order valence-corrected chi connectivity index (χ2v) is 5.55. The van der Waals surface area contributed by atoms with E-state index in [1.807, 2.05) is 12.1 Å². The van der Waals surface area contributed by atoms with Gasteiger partial charge in [-0.2, -0.15) is 0 Å². The normalized spacial score (nSPS) is 21.1. The van der Waals surface area contributed by atoms with Crippen LogP contribution in [0.15, 0.2) is 24.3 Å². The minimum absolute atomic E-state index is 0.486. The highest BCUT2D eigenvalue weighted by Gasteiger charge is 2.14. The highest BCUT2D eigenvalue weighted by atomic mass is 35.5. The fourth-order valence-corrected chi connectivity index (χ4v) is 2.53. The van der Waals surface area contributed by atoms with Gasteiger partial charge in [0.25, 0.3) is 0 Å². The number of rotatable bonds is 6. The first-order chi connectivity index (χ1) is 8.74. The van der Waals surface area contributed by atoms with Crippen molar-refractivity contribution in [2.75, 3.05) is 13.2 Å². The van der Waals surface area contributed by atoms with Crippen LogP contribution in [0.25, 0.3) is 0 Å². The van der Waals surface area contributed by atoms with Gasteiger partial charge in [0.05, 0.1) is 6.10 Å². The molecule has 0 radical (unpaired) electrons. The van der Waals surface area contributed by atoms with Crippen LogP contribution in [0, 0.1) is 0 Å². The van der Waals surface area contributed by atoms with Crippen LogP contribution in [-0.4, -0.2) is 25.3 Å². The molecule has 1 aliphatic rings. The van der Waals surface area contributed by atoms with Gasteiger partial charge in [-0.25, -0.2) is 0 Å². The summed E-state index contributed by atoms with van der Waals surface area (Å²) in [6.45, 7) is 4.22. The van der Waals surface area contributed by atoms with Gasteiger partial charge in [-0.05, 0) is 56.8 Å². The number of halogens is 1. The minimum Gasteiger partial charge on any atom is -0.378 e. The van der Waals surface area contributed by atoms with E-state index in [0.29, 0.717) is 12.1 Å². The molecule has 1 fully saturated rings. The van der Waals surface area contributed by atoms with Crippen molar-refractivity contribution in [2.45, 2.75) is 44.8 Å². The number of benzene rings is 1.